The van der Waals surface area contributed by atoms with Gasteiger partial charge in [-0.25, -0.2) is 0 Å². The van der Waals surface area contributed by atoms with Crippen molar-refractivity contribution in [3.63, 3.8) is 0 Å². The zero-order chi connectivity index (χ0) is 13.0. The normalized spacial score (nSPS) is 10.4. The molecule has 1 aromatic carbocycles. The van der Waals surface area contributed by atoms with Crippen LogP contribution in [0.4, 0.5) is 0 Å². The first kappa shape index (κ1) is 12.4. The molecule has 96 valence electrons. The number of nitrogens with zero attached hydrogens (tertiary/aromatic N) is 2. The minimum atomic E-state index is 0.0658. The number of hydrogen-bond donors (Lipinski definition) is 1. The number of ether oxygens (including phenoxy) is 2. The summed E-state index contributed by atoms with van der Waals surface area (Å²) < 4.78 is 12.2. The van der Waals surface area contributed by atoms with Gasteiger partial charge >= 0.3 is 0 Å². The van der Waals surface area contributed by atoms with E-state index in [1.807, 2.05) is 24.4 Å². The van der Waals surface area contributed by atoms with Gasteiger partial charge in [0.2, 0.25) is 0 Å². The molecule has 1 N–H and O–H groups in total. The van der Waals surface area contributed by atoms with Crippen LogP contribution in [0.5, 0.6) is 11.5 Å². The molecule has 0 aliphatic carbocycles. The Morgan fingerprint density at radius 2 is 2.11 bits per heavy atom. The fourth-order valence-electron chi connectivity index (χ4n) is 1.77. The van der Waals surface area contributed by atoms with Gasteiger partial charge in [0.25, 0.3) is 0 Å². The molecule has 0 spiro atoms. The molecule has 1 aromatic heterocycles. The largest absolute Gasteiger partial charge is 0.497 e. The smallest absolute Gasteiger partial charge is 0.127 e. The molecule has 5 nitrogen and oxygen atoms in total. The molecule has 0 atom stereocenters. The standard InChI is InChI=1S/C13H16N2O3/c1-17-11-3-4-13(18-2)12(7-11)10-8-14-15(9-10)5-6-16/h3-4,7-9,16H,5-6H2,1-2H3. The Balaban J connectivity index is 2.40. The summed E-state index contributed by atoms with van der Waals surface area (Å²) in [7, 11) is 3.25. The van der Waals surface area contributed by atoms with Crippen LogP contribution in [0.25, 0.3) is 11.1 Å². The number of aromatic nitrogens is 2. The van der Waals surface area contributed by atoms with Crippen LogP contribution in [-0.2, 0) is 6.54 Å². The monoisotopic (exact) mass is 248 g/mol. The molecule has 0 unspecified atom stereocenters. The van der Waals surface area contributed by atoms with Crippen LogP contribution in [0.2, 0.25) is 0 Å². The van der Waals surface area contributed by atoms with Crippen LogP contribution in [-0.4, -0.2) is 35.7 Å². The van der Waals surface area contributed by atoms with Crippen LogP contribution >= 0.6 is 0 Å². The van der Waals surface area contributed by atoms with E-state index < -0.39 is 0 Å². The highest BCUT2D eigenvalue weighted by Gasteiger charge is 2.09. The van der Waals surface area contributed by atoms with Crippen molar-refractivity contribution in [1.82, 2.24) is 9.78 Å². The van der Waals surface area contributed by atoms with Crippen molar-refractivity contribution in [1.29, 1.82) is 0 Å². The van der Waals surface area contributed by atoms with Crippen molar-refractivity contribution in [2.75, 3.05) is 20.8 Å². The van der Waals surface area contributed by atoms with Crippen molar-refractivity contribution in [3.05, 3.63) is 30.6 Å². The highest BCUT2D eigenvalue weighted by Crippen LogP contribution is 2.32. The molecule has 0 radical (unpaired) electrons. The lowest BCUT2D eigenvalue weighted by atomic mass is 10.1. The lowest BCUT2D eigenvalue weighted by Gasteiger charge is -2.08. The van der Waals surface area contributed by atoms with Crippen molar-refractivity contribution in [3.8, 4) is 22.6 Å². The van der Waals surface area contributed by atoms with Crippen LogP contribution in [0, 0.1) is 0 Å². The van der Waals surface area contributed by atoms with Gasteiger partial charge in [-0.15, -0.1) is 0 Å². The Hall–Kier alpha value is -2.01. The second-order valence-electron chi connectivity index (χ2n) is 3.78. The fraction of sp³-hybridized carbons (Fsp3) is 0.308. The van der Waals surface area contributed by atoms with E-state index in [1.54, 1.807) is 25.1 Å². The highest BCUT2D eigenvalue weighted by molar-refractivity contribution is 5.71. The molecule has 0 bridgehead atoms. The van der Waals surface area contributed by atoms with E-state index in [1.165, 1.54) is 0 Å². The maximum absolute atomic E-state index is 8.88. The summed E-state index contributed by atoms with van der Waals surface area (Å²) in [5, 5.41) is 13.1. The van der Waals surface area contributed by atoms with Gasteiger partial charge in [-0.2, -0.15) is 5.10 Å². The number of aliphatic hydroxyl groups is 1. The average Bonchev–Trinajstić information content (AvgIpc) is 2.87. The molecule has 1 heterocycles. The summed E-state index contributed by atoms with van der Waals surface area (Å²) in [6.07, 6.45) is 3.61. The molecular formula is C13H16N2O3. The number of hydrogen-bond acceptors (Lipinski definition) is 4. The SMILES string of the molecule is COc1ccc(OC)c(-c2cnn(CCO)c2)c1. The first-order valence-electron chi connectivity index (χ1n) is 5.64. The molecule has 0 saturated carbocycles. The maximum atomic E-state index is 8.88. The van der Waals surface area contributed by atoms with Crippen LogP contribution in [0.3, 0.4) is 0 Å². The first-order valence-corrected chi connectivity index (χ1v) is 5.64. The Kier molecular flexibility index (Phi) is 3.84. The maximum Gasteiger partial charge on any atom is 0.127 e. The van der Waals surface area contributed by atoms with E-state index >= 15 is 0 Å². The van der Waals surface area contributed by atoms with Gasteiger partial charge in [-0.3, -0.25) is 4.68 Å². The van der Waals surface area contributed by atoms with Crippen LogP contribution < -0.4 is 9.47 Å². The average molecular weight is 248 g/mol. The van der Waals surface area contributed by atoms with Crippen LogP contribution in [0.15, 0.2) is 30.6 Å². The third kappa shape index (κ3) is 2.46. The Morgan fingerprint density at radius 1 is 1.28 bits per heavy atom. The Labute approximate surface area is 106 Å². The van der Waals surface area contributed by atoms with Gasteiger partial charge in [-0.1, -0.05) is 0 Å². The molecule has 0 fully saturated rings. The summed E-state index contributed by atoms with van der Waals surface area (Å²) in [5.74, 6) is 1.53. The third-order valence-corrected chi connectivity index (χ3v) is 2.68. The topological polar surface area (TPSA) is 56.5 Å². The summed E-state index contributed by atoms with van der Waals surface area (Å²) in [6, 6.07) is 5.61. The molecule has 0 saturated heterocycles. The van der Waals surface area contributed by atoms with E-state index in [0.717, 1.165) is 22.6 Å². The Bertz CT molecular complexity index is 523. The molecule has 2 rings (SSSR count). The molecule has 0 amide bonds. The zero-order valence-corrected chi connectivity index (χ0v) is 10.5. The van der Waals surface area contributed by atoms with E-state index in [-0.39, 0.29) is 6.61 Å². The lowest BCUT2D eigenvalue weighted by molar-refractivity contribution is 0.269. The second-order valence-corrected chi connectivity index (χ2v) is 3.78. The number of aliphatic hydroxyl groups excluding tert-OH is 1. The summed E-state index contributed by atoms with van der Waals surface area (Å²) in [6.45, 7) is 0.544. The summed E-state index contributed by atoms with van der Waals surface area (Å²) >= 11 is 0. The van der Waals surface area contributed by atoms with Gasteiger partial charge in [-0.05, 0) is 18.2 Å². The van der Waals surface area contributed by atoms with Crippen molar-refractivity contribution in [2.24, 2.45) is 0 Å². The van der Waals surface area contributed by atoms with Gasteiger partial charge < -0.3 is 14.6 Å². The molecule has 0 aliphatic rings. The number of rotatable bonds is 5. The summed E-state index contributed by atoms with van der Waals surface area (Å²) in [5.41, 5.74) is 1.85. The molecule has 5 heteroatoms. The minimum Gasteiger partial charge on any atom is -0.497 e. The number of benzene rings is 1. The van der Waals surface area contributed by atoms with Crippen molar-refractivity contribution < 1.29 is 14.6 Å². The summed E-state index contributed by atoms with van der Waals surface area (Å²) in [4.78, 5) is 0. The van der Waals surface area contributed by atoms with Gasteiger partial charge in [0.05, 0.1) is 33.6 Å². The quantitative estimate of drug-likeness (QED) is 0.872. The second kappa shape index (κ2) is 5.55. The molecule has 0 aliphatic heterocycles. The molecule has 2 aromatic rings. The van der Waals surface area contributed by atoms with E-state index in [2.05, 4.69) is 5.10 Å². The minimum absolute atomic E-state index is 0.0658. The lowest BCUT2D eigenvalue weighted by Crippen LogP contribution is -2.01. The Morgan fingerprint density at radius 3 is 2.78 bits per heavy atom. The van der Waals surface area contributed by atoms with E-state index in [4.69, 9.17) is 14.6 Å². The van der Waals surface area contributed by atoms with Crippen molar-refractivity contribution >= 4 is 0 Å². The van der Waals surface area contributed by atoms with Crippen molar-refractivity contribution in [2.45, 2.75) is 6.54 Å². The third-order valence-electron chi connectivity index (χ3n) is 2.68. The molecular weight excluding hydrogens is 232 g/mol. The number of methoxy groups -OCH3 is 2. The highest BCUT2D eigenvalue weighted by atomic mass is 16.5. The first-order chi connectivity index (χ1) is 8.78. The van der Waals surface area contributed by atoms with Gasteiger partial charge in [0.15, 0.2) is 0 Å². The van der Waals surface area contributed by atoms with E-state index in [9.17, 15) is 0 Å². The fourth-order valence-corrected chi connectivity index (χ4v) is 1.77. The van der Waals surface area contributed by atoms with E-state index in [0.29, 0.717) is 6.54 Å². The molecule has 18 heavy (non-hydrogen) atoms. The predicted octanol–water partition coefficient (Wildman–Crippen LogP) is 1.56. The predicted molar refractivity (Wildman–Crippen MR) is 67.9 cm³/mol. The van der Waals surface area contributed by atoms with Gasteiger partial charge in [0.1, 0.15) is 11.5 Å². The zero-order valence-electron chi connectivity index (χ0n) is 10.5. The van der Waals surface area contributed by atoms with Crippen LogP contribution in [0.1, 0.15) is 0 Å². The van der Waals surface area contributed by atoms with Gasteiger partial charge in [0, 0.05) is 17.3 Å².